The van der Waals surface area contributed by atoms with Crippen LogP contribution in [0.25, 0.3) is 5.65 Å². The molecule has 0 spiro atoms. The molecule has 1 amide bonds. The van der Waals surface area contributed by atoms with E-state index in [9.17, 15) is 4.79 Å². The molecular weight excluding hydrogens is 394 g/mol. The quantitative estimate of drug-likeness (QED) is 0.421. The Bertz CT molecular complexity index is 1030. The number of hydrogen-bond donors (Lipinski definition) is 3. The van der Waals surface area contributed by atoms with Crippen molar-refractivity contribution in [2.75, 3.05) is 17.7 Å². The number of aliphatic imine (C=N–C) groups is 1. The number of aromatic nitrogens is 3. The number of carbonyl (C=O) groups is 1. The molecule has 164 valence electrons. The van der Waals surface area contributed by atoms with E-state index in [2.05, 4.69) is 37.6 Å². The number of anilines is 2. The van der Waals surface area contributed by atoms with Gasteiger partial charge < -0.3 is 20.7 Å². The van der Waals surface area contributed by atoms with E-state index in [0.29, 0.717) is 28.7 Å². The van der Waals surface area contributed by atoms with Gasteiger partial charge in [0, 0.05) is 25.4 Å². The second-order valence-corrected chi connectivity index (χ2v) is 7.91. The zero-order chi connectivity index (χ0) is 21.8. The number of hydrogen-bond acceptors (Lipinski definition) is 7. The lowest BCUT2D eigenvalue weighted by molar-refractivity contribution is 0.0939. The van der Waals surface area contributed by atoms with Crippen LogP contribution in [0, 0.1) is 0 Å². The number of fused-ring (bicyclic) bond motifs is 1. The molecule has 0 radical (unpaired) electrons. The maximum Gasteiger partial charge on any atom is 0.256 e. The fourth-order valence-corrected chi connectivity index (χ4v) is 3.62. The molecule has 0 bridgehead atoms. The number of nitrogens with one attached hydrogen (secondary N) is 3. The van der Waals surface area contributed by atoms with Gasteiger partial charge >= 0.3 is 0 Å². The number of carbonyl (C=O) groups excluding carboxylic acids is 1. The summed E-state index contributed by atoms with van der Waals surface area (Å²) in [6.07, 6.45) is 11.4. The van der Waals surface area contributed by atoms with Crippen LogP contribution in [0.3, 0.4) is 0 Å². The second-order valence-electron chi connectivity index (χ2n) is 7.91. The Labute approximate surface area is 181 Å². The lowest BCUT2D eigenvalue weighted by Gasteiger charge is -2.14. The molecule has 9 nitrogen and oxygen atoms in total. The Hall–Kier alpha value is -3.36. The van der Waals surface area contributed by atoms with Crippen LogP contribution in [-0.4, -0.2) is 45.9 Å². The first-order valence-electron chi connectivity index (χ1n) is 10.8. The highest BCUT2D eigenvalue weighted by Crippen LogP contribution is 2.28. The van der Waals surface area contributed by atoms with Gasteiger partial charge in [0.2, 0.25) is 5.88 Å². The minimum Gasteiger partial charge on any atom is -0.473 e. The summed E-state index contributed by atoms with van der Waals surface area (Å²) in [5, 5.41) is 13.8. The Morgan fingerprint density at radius 1 is 1.32 bits per heavy atom. The van der Waals surface area contributed by atoms with Crippen LogP contribution in [0.4, 0.5) is 11.6 Å². The summed E-state index contributed by atoms with van der Waals surface area (Å²) in [7, 11) is 1.80. The average molecular weight is 424 g/mol. The highest BCUT2D eigenvalue weighted by molar-refractivity contribution is 6.00. The summed E-state index contributed by atoms with van der Waals surface area (Å²) in [6.45, 7) is 5.55. The molecule has 2 aliphatic carbocycles. The third-order valence-electron chi connectivity index (χ3n) is 5.40. The number of amides is 1. The van der Waals surface area contributed by atoms with Crippen molar-refractivity contribution in [1.82, 2.24) is 19.9 Å². The van der Waals surface area contributed by atoms with Crippen molar-refractivity contribution in [1.29, 1.82) is 0 Å². The molecule has 2 fully saturated rings. The van der Waals surface area contributed by atoms with Crippen LogP contribution in [0.5, 0.6) is 0 Å². The lowest BCUT2D eigenvalue weighted by Crippen LogP contribution is -2.32. The van der Waals surface area contributed by atoms with Crippen LogP contribution >= 0.6 is 0 Å². The largest absolute Gasteiger partial charge is 0.473 e. The smallest absolute Gasteiger partial charge is 0.256 e. The molecule has 2 heterocycles. The molecule has 2 saturated carbocycles. The first-order valence-corrected chi connectivity index (χ1v) is 10.8. The van der Waals surface area contributed by atoms with E-state index in [1.807, 2.05) is 13.0 Å². The van der Waals surface area contributed by atoms with Gasteiger partial charge in [0.05, 0.1) is 11.9 Å². The van der Waals surface area contributed by atoms with E-state index >= 15 is 0 Å². The van der Waals surface area contributed by atoms with Gasteiger partial charge in [-0.3, -0.25) is 4.79 Å². The average Bonchev–Trinajstić information content (AvgIpc) is 3.24. The van der Waals surface area contributed by atoms with Gasteiger partial charge in [0.25, 0.3) is 5.91 Å². The van der Waals surface area contributed by atoms with Crippen LogP contribution in [0.15, 0.2) is 41.5 Å². The second kappa shape index (κ2) is 9.20. The fraction of sp³-hybridized carbons (Fsp3) is 0.455. The van der Waals surface area contributed by atoms with Crippen molar-refractivity contribution >= 4 is 29.4 Å². The normalized spacial score (nSPS) is 17.6. The number of ether oxygens (including phenoxy) is 1. The van der Waals surface area contributed by atoms with Crippen LogP contribution in [-0.2, 0) is 4.74 Å². The highest BCUT2D eigenvalue weighted by Gasteiger charge is 2.25. The third-order valence-corrected chi connectivity index (χ3v) is 5.40. The van der Waals surface area contributed by atoms with Gasteiger partial charge in [0.15, 0.2) is 5.65 Å². The van der Waals surface area contributed by atoms with Crippen molar-refractivity contribution in [2.45, 2.75) is 57.6 Å². The van der Waals surface area contributed by atoms with Gasteiger partial charge in [-0.2, -0.15) is 9.61 Å². The molecule has 2 aromatic heterocycles. The topological polar surface area (TPSA) is 105 Å². The highest BCUT2D eigenvalue weighted by atomic mass is 16.5. The zero-order valence-electron chi connectivity index (χ0n) is 18.0. The molecular formula is C22H29N7O2. The van der Waals surface area contributed by atoms with Crippen molar-refractivity contribution in [3.63, 3.8) is 0 Å². The maximum absolute atomic E-state index is 12.9. The summed E-state index contributed by atoms with van der Waals surface area (Å²) in [5.74, 6) is 1.63. The standard InChI is InChI=1S/C22H29N7O2/c1-4-11-24-22(31-16-9-10-16)14(2)26-18-12-19(23-3)29-20(28-18)17(13-25-29)21(30)27-15-7-5-6-8-15/h4,11-13,15-16,23H,1,5-10H2,2-3H3,(H,26,28)(H,27,30)/b22-14-,24-11-. The summed E-state index contributed by atoms with van der Waals surface area (Å²) < 4.78 is 7.54. The summed E-state index contributed by atoms with van der Waals surface area (Å²) in [6, 6.07) is 2.05. The number of nitrogens with zero attached hydrogens (tertiary/aromatic N) is 4. The molecule has 0 aliphatic heterocycles. The Balaban J connectivity index is 1.64. The molecule has 3 N–H and O–H groups in total. The summed E-state index contributed by atoms with van der Waals surface area (Å²) >= 11 is 0. The number of rotatable bonds is 9. The summed E-state index contributed by atoms with van der Waals surface area (Å²) in [4.78, 5) is 21.9. The van der Waals surface area contributed by atoms with Crippen molar-refractivity contribution < 1.29 is 9.53 Å². The minimum absolute atomic E-state index is 0.144. The molecule has 31 heavy (non-hydrogen) atoms. The Kier molecular flexibility index (Phi) is 6.20. The van der Waals surface area contributed by atoms with Gasteiger partial charge in [0.1, 0.15) is 23.3 Å². The van der Waals surface area contributed by atoms with E-state index in [-0.39, 0.29) is 18.1 Å². The molecule has 2 aliphatic rings. The van der Waals surface area contributed by atoms with Gasteiger partial charge in [-0.25, -0.2) is 9.98 Å². The SMILES string of the molecule is C=C/C=N\C(OC1CC1)=C(/C)Nc1cc(NC)n2ncc(C(=O)NC3CCCC3)c2n1. The van der Waals surface area contributed by atoms with Crippen molar-refractivity contribution in [3.8, 4) is 0 Å². The third kappa shape index (κ3) is 4.87. The van der Waals surface area contributed by atoms with Crippen molar-refractivity contribution in [2.24, 2.45) is 4.99 Å². The molecule has 0 unspecified atom stereocenters. The fourth-order valence-electron chi connectivity index (χ4n) is 3.62. The minimum atomic E-state index is -0.144. The molecule has 2 aromatic rings. The molecule has 9 heteroatoms. The van der Waals surface area contributed by atoms with Crippen molar-refractivity contribution in [3.05, 3.63) is 42.1 Å². The van der Waals surface area contributed by atoms with Crippen LogP contribution in [0.2, 0.25) is 0 Å². The van der Waals surface area contributed by atoms with Crippen LogP contribution < -0.4 is 16.0 Å². The van der Waals surface area contributed by atoms with Gasteiger partial charge in [-0.1, -0.05) is 25.5 Å². The van der Waals surface area contributed by atoms with E-state index in [1.165, 1.54) is 0 Å². The molecule has 4 rings (SSSR count). The predicted octanol–water partition coefficient (Wildman–Crippen LogP) is 3.48. The van der Waals surface area contributed by atoms with E-state index in [1.54, 1.807) is 30.1 Å². The lowest BCUT2D eigenvalue weighted by atomic mass is 10.2. The Morgan fingerprint density at radius 2 is 2.10 bits per heavy atom. The first-order chi connectivity index (χ1) is 15.1. The van der Waals surface area contributed by atoms with E-state index in [0.717, 1.165) is 44.2 Å². The van der Waals surface area contributed by atoms with E-state index in [4.69, 9.17) is 4.74 Å². The zero-order valence-corrected chi connectivity index (χ0v) is 18.0. The van der Waals surface area contributed by atoms with Gasteiger partial charge in [-0.05, 0) is 32.6 Å². The first kappa shape index (κ1) is 20.9. The van der Waals surface area contributed by atoms with Crippen LogP contribution in [0.1, 0.15) is 55.8 Å². The summed E-state index contributed by atoms with van der Waals surface area (Å²) in [5.41, 5.74) is 1.66. The maximum atomic E-state index is 12.9. The molecule has 0 atom stereocenters. The Morgan fingerprint density at radius 3 is 2.77 bits per heavy atom. The predicted molar refractivity (Wildman–Crippen MR) is 121 cm³/mol. The molecule has 0 saturated heterocycles. The number of allylic oxidation sites excluding steroid dienone is 2. The monoisotopic (exact) mass is 423 g/mol. The van der Waals surface area contributed by atoms with E-state index < -0.39 is 0 Å². The van der Waals surface area contributed by atoms with Gasteiger partial charge in [-0.15, -0.1) is 0 Å². The molecule has 0 aromatic carbocycles.